The Morgan fingerprint density at radius 1 is 1.33 bits per heavy atom. The van der Waals surface area contributed by atoms with Crippen molar-refractivity contribution < 1.29 is 4.74 Å². The third kappa shape index (κ3) is 2.77. The highest BCUT2D eigenvalue weighted by molar-refractivity contribution is 5.93. The molecule has 0 aliphatic heterocycles. The second kappa shape index (κ2) is 5.76. The quantitative estimate of drug-likeness (QED) is 0.616. The highest BCUT2D eigenvalue weighted by Gasteiger charge is 2.10. The molecule has 4 N–H and O–H groups in total. The highest BCUT2D eigenvalue weighted by atomic mass is 16.5. The molecule has 0 spiro atoms. The molecule has 0 bridgehead atoms. The molecular formula is C14H16N6O. The van der Waals surface area contributed by atoms with Crippen molar-refractivity contribution in [1.29, 1.82) is 0 Å². The largest absolute Gasteiger partial charge is 0.383 e. The van der Waals surface area contributed by atoms with E-state index in [1.165, 1.54) is 0 Å². The first kappa shape index (κ1) is 13.3. The van der Waals surface area contributed by atoms with Gasteiger partial charge in [0.1, 0.15) is 11.5 Å². The summed E-state index contributed by atoms with van der Waals surface area (Å²) in [5.74, 6) is 1.01. The molecule has 0 aliphatic rings. The summed E-state index contributed by atoms with van der Waals surface area (Å²) in [6, 6.07) is 5.75. The number of aromatic nitrogens is 4. The normalized spacial score (nSPS) is 10.9. The molecule has 0 saturated carbocycles. The van der Waals surface area contributed by atoms with Crippen LogP contribution in [0.4, 0.5) is 11.8 Å². The van der Waals surface area contributed by atoms with E-state index in [9.17, 15) is 0 Å². The highest BCUT2D eigenvalue weighted by Crippen LogP contribution is 2.28. The van der Waals surface area contributed by atoms with Gasteiger partial charge in [-0.2, -0.15) is 0 Å². The maximum Gasteiger partial charge on any atom is 0.220 e. The van der Waals surface area contributed by atoms with Gasteiger partial charge in [0.25, 0.3) is 0 Å². The summed E-state index contributed by atoms with van der Waals surface area (Å²) in [5.41, 5.74) is 8.19. The Kier molecular flexibility index (Phi) is 3.65. The van der Waals surface area contributed by atoms with Gasteiger partial charge in [0, 0.05) is 37.0 Å². The SMILES string of the molecule is COCCNc1cc(-c2ccnc(N)n2)c2cc[nH]c2n1. The Morgan fingerprint density at radius 2 is 2.24 bits per heavy atom. The van der Waals surface area contributed by atoms with Gasteiger partial charge in [-0.15, -0.1) is 0 Å². The Labute approximate surface area is 121 Å². The molecule has 7 heteroatoms. The number of nitrogen functional groups attached to an aromatic ring is 1. The molecule has 7 nitrogen and oxygen atoms in total. The Bertz CT molecular complexity index is 754. The zero-order chi connectivity index (χ0) is 14.7. The summed E-state index contributed by atoms with van der Waals surface area (Å²) < 4.78 is 5.03. The predicted molar refractivity (Wildman–Crippen MR) is 81.9 cm³/mol. The average molecular weight is 284 g/mol. The van der Waals surface area contributed by atoms with Crippen LogP contribution in [0.15, 0.2) is 30.6 Å². The fraction of sp³-hybridized carbons (Fsp3) is 0.214. The van der Waals surface area contributed by atoms with Crippen LogP contribution in [0.25, 0.3) is 22.3 Å². The lowest BCUT2D eigenvalue weighted by Crippen LogP contribution is -2.09. The van der Waals surface area contributed by atoms with E-state index in [1.807, 2.05) is 24.4 Å². The minimum atomic E-state index is 0.252. The van der Waals surface area contributed by atoms with Crippen LogP contribution in [0.2, 0.25) is 0 Å². The van der Waals surface area contributed by atoms with Crippen LogP contribution in [0, 0.1) is 0 Å². The van der Waals surface area contributed by atoms with Crippen molar-refractivity contribution in [2.75, 3.05) is 31.3 Å². The molecule has 3 rings (SSSR count). The molecule has 3 aromatic rings. The van der Waals surface area contributed by atoms with E-state index < -0.39 is 0 Å². The van der Waals surface area contributed by atoms with Gasteiger partial charge in [-0.3, -0.25) is 0 Å². The van der Waals surface area contributed by atoms with E-state index in [0.29, 0.717) is 13.2 Å². The van der Waals surface area contributed by atoms with Gasteiger partial charge in [0.2, 0.25) is 5.95 Å². The maximum absolute atomic E-state index is 5.67. The number of methoxy groups -OCH3 is 1. The van der Waals surface area contributed by atoms with Gasteiger partial charge < -0.3 is 20.8 Å². The Balaban J connectivity index is 2.05. The first-order valence-electron chi connectivity index (χ1n) is 6.58. The summed E-state index contributed by atoms with van der Waals surface area (Å²) in [5, 5.41) is 4.21. The number of rotatable bonds is 5. The monoisotopic (exact) mass is 284 g/mol. The van der Waals surface area contributed by atoms with Crippen molar-refractivity contribution in [2.45, 2.75) is 0 Å². The minimum absolute atomic E-state index is 0.252. The fourth-order valence-electron chi connectivity index (χ4n) is 2.15. The first-order valence-corrected chi connectivity index (χ1v) is 6.58. The number of ether oxygens (including phenoxy) is 1. The lowest BCUT2D eigenvalue weighted by Gasteiger charge is -2.09. The van der Waals surface area contributed by atoms with Crippen LogP contribution < -0.4 is 11.1 Å². The second-order valence-electron chi connectivity index (χ2n) is 4.51. The number of H-pyrrole nitrogens is 1. The number of aromatic amines is 1. The van der Waals surface area contributed by atoms with Crippen molar-refractivity contribution in [3.05, 3.63) is 30.6 Å². The molecule has 21 heavy (non-hydrogen) atoms. The number of hydrogen-bond donors (Lipinski definition) is 3. The molecule has 3 aromatic heterocycles. The molecule has 0 atom stereocenters. The number of nitrogens with one attached hydrogen (secondary N) is 2. The van der Waals surface area contributed by atoms with Crippen molar-refractivity contribution in [2.24, 2.45) is 0 Å². The second-order valence-corrected chi connectivity index (χ2v) is 4.51. The predicted octanol–water partition coefficient (Wildman–Crippen LogP) is 1.66. The molecule has 0 saturated heterocycles. The smallest absolute Gasteiger partial charge is 0.220 e. The van der Waals surface area contributed by atoms with Crippen molar-refractivity contribution in [3.63, 3.8) is 0 Å². The number of pyridine rings is 1. The van der Waals surface area contributed by atoms with Gasteiger partial charge in [-0.1, -0.05) is 0 Å². The van der Waals surface area contributed by atoms with E-state index >= 15 is 0 Å². The van der Waals surface area contributed by atoms with E-state index in [-0.39, 0.29) is 5.95 Å². The molecule has 0 unspecified atom stereocenters. The van der Waals surface area contributed by atoms with Crippen molar-refractivity contribution in [3.8, 4) is 11.3 Å². The zero-order valence-electron chi connectivity index (χ0n) is 11.6. The number of fused-ring (bicyclic) bond motifs is 1. The van der Waals surface area contributed by atoms with Gasteiger partial charge in [0.15, 0.2) is 0 Å². The molecular weight excluding hydrogens is 268 g/mol. The molecule has 3 heterocycles. The lowest BCUT2D eigenvalue weighted by molar-refractivity contribution is 0.210. The third-order valence-electron chi connectivity index (χ3n) is 3.09. The lowest BCUT2D eigenvalue weighted by atomic mass is 10.1. The average Bonchev–Trinajstić information content (AvgIpc) is 2.95. The zero-order valence-corrected chi connectivity index (χ0v) is 11.6. The summed E-state index contributed by atoms with van der Waals surface area (Å²) in [7, 11) is 1.67. The number of nitrogens with zero attached hydrogens (tertiary/aromatic N) is 3. The van der Waals surface area contributed by atoms with Crippen LogP contribution in [-0.2, 0) is 4.74 Å². The Hall–Kier alpha value is -2.67. The van der Waals surface area contributed by atoms with Crippen LogP contribution in [0.1, 0.15) is 0 Å². The standard InChI is InChI=1S/C14H16N6O/c1-21-7-6-16-12-8-10(9-2-4-17-13(9)20-12)11-3-5-18-14(15)19-11/h2-5,8H,6-7H2,1H3,(H2,15,18,19)(H2,16,17,20). The molecule has 0 aliphatic carbocycles. The summed E-state index contributed by atoms with van der Waals surface area (Å²) >= 11 is 0. The molecule has 0 aromatic carbocycles. The summed E-state index contributed by atoms with van der Waals surface area (Å²) in [6.45, 7) is 1.29. The topological polar surface area (TPSA) is 102 Å². The Morgan fingerprint density at radius 3 is 3.05 bits per heavy atom. The number of anilines is 2. The van der Waals surface area contributed by atoms with Crippen molar-refractivity contribution in [1.82, 2.24) is 19.9 Å². The minimum Gasteiger partial charge on any atom is -0.383 e. The number of nitrogens with two attached hydrogens (primary N) is 1. The van der Waals surface area contributed by atoms with E-state index in [2.05, 4.69) is 25.3 Å². The van der Waals surface area contributed by atoms with E-state index in [0.717, 1.165) is 28.1 Å². The molecule has 0 fully saturated rings. The first-order chi connectivity index (χ1) is 10.3. The molecule has 108 valence electrons. The van der Waals surface area contributed by atoms with Crippen LogP contribution in [0.5, 0.6) is 0 Å². The van der Waals surface area contributed by atoms with Gasteiger partial charge in [-0.25, -0.2) is 15.0 Å². The maximum atomic E-state index is 5.67. The van der Waals surface area contributed by atoms with Gasteiger partial charge in [-0.05, 0) is 18.2 Å². The molecule has 0 amide bonds. The van der Waals surface area contributed by atoms with Gasteiger partial charge in [0.05, 0.1) is 12.3 Å². The summed E-state index contributed by atoms with van der Waals surface area (Å²) in [6.07, 6.45) is 3.50. The number of hydrogen-bond acceptors (Lipinski definition) is 6. The van der Waals surface area contributed by atoms with Crippen LogP contribution in [-0.4, -0.2) is 40.2 Å². The van der Waals surface area contributed by atoms with Gasteiger partial charge >= 0.3 is 0 Å². The molecule has 0 radical (unpaired) electrons. The van der Waals surface area contributed by atoms with E-state index in [1.54, 1.807) is 13.3 Å². The van der Waals surface area contributed by atoms with Crippen LogP contribution >= 0.6 is 0 Å². The van der Waals surface area contributed by atoms with Crippen LogP contribution in [0.3, 0.4) is 0 Å². The van der Waals surface area contributed by atoms with E-state index in [4.69, 9.17) is 10.5 Å². The summed E-state index contributed by atoms with van der Waals surface area (Å²) in [4.78, 5) is 15.8. The fourth-order valence-corrected chi connectivity index (χ4v) is 2.15. The van der Waals surface area contributed by atoms with Crippen molar-refractivity contribution >= 4 is 22.8 Å². The third-order valence-corrected chi connectivity index (χ3v) is 3.09.